The van der Waals surface area contributed by atoms with Crippen molar-refractivity contribution in [1.82, 2.24) is 0 Å². The Bertz CT molecular complexity index is 1920. The highest BCUT2D eigenvalue weighted by atomic mass is 14.3. The summed E-state index contributed by atoms with van der Waals surface area (Å²) in [6.45, 7) is 4.64. The van der Waals surface area contributed by atoms with Crippen molar-refractivity contribution in [1.29, 1.82) is 0 Å². The van der Waals surface area contributed by atoms with Crippen molar-refractivity contribution in [2.45, 2.75) is 78.1 Å². The average molecular weight is 519 g/mol. The molecule has 0 aliphatic heterocycles. The largest absolute Gasteiger partial charge is 0.0654 e. The van der Waals surface area contributed by atoms with Crippen LogP contribution >= 0.6 is 0 Å². The number of hydrogen-bond donors (Lipinski definition) is 0. The van der Waals surface area contributed by atoms with E-state index in [1.54, 1.807) is 22.3 Å². The van der Waals surface area contributed by atoms with E-state index < -0.39 is 0 Å². The predicted octanol–water partition coefficient (Wildman–Crippen LogP) is 12.3. The van der Waals surface area contributed by atoms with Crippen LogP contribution in [0.1, 0.15) is 76.3 Å². The molecule has 0 saturated heterocycles. The van der Waals surface area contributed by atoms with E-state index >= 15 is 0 Å². The van der Waals surface area contributed by atoms with Crippen LogP contribution in [0.25, 0.3) is 75.8 Å². The van der Waals surface area contributed by atoms with Gasteiger partial charge >= 0.3 is 0 Å². The van der Waals surface area contributed by atoms with Crippen LogP contribution in [-0.4, -0.2) is 0 Å². The average Bonchev–Trinajstić information content (AvgIpc) is 3.46. The summed E-state index contributed by atoms with van der Waals surface area (Å²) < 4.78 is 0. The number of fused-ring (bicyclic) bond motifs is 13. The molecular weight excluding hydrogens is 480 g/mol. The summed E-state index contributed by atoms with van der Waals surface area (Å²) in [5, 5.41) is 17.6. The van der Waals surface area contributed by atoms with Gasteiger partial charge in [-0.05, 0) is 137 Å². The van der Waals surface area contributed by atoms with Gasteiger partial charge < -0.3 is 0 Å². The summed E-state index contributed by atoms with van der Waals surface area (Å²) in [7, 11) is 0. The monoisotopic (exact) mass is 518 g/mol. The summed E-state index contributed by atoms with van der Waals surface area (Å²) in [5.41, 5.74) is 6.39. The molecule has 0 radical (unpaired) electrons. The molecule has 0 saturated carbocycles. The zero-order chi connectivity index (χ0) is 26.8. The Morgan fingerprint density at radius 2 is 0.700 bits per heavy atom. The van der Waals surface area contributed by atoms with Gasteiger partial charge in [0.15, 0.2) is 0 Å². The lowest BCUT2D eigenvalue weighted by atomic mass is 9.90. The third-order valence-electron chi connectivity index (χ3n) is 9.93. The Morgan fingerprint density at radius 3 is 1.05 bits per heavy atom. The maximum absolute atomic E-state index is 2.56. The lowest BCUT2D eigenvalue weighted by molar-refractivity contribution is 0.668. The normalized spacial score (nSPS) is 12.8. The zero-order valence-electron chi connectivity index (χ0n) is 24.0. The molecule has 2 aliphatic rings. The van der Waals surface area contributed by atoms with Crippen molar-refractivity contribution in [2.24, 2.45) is 0 Å². The lowest BCUT2D eigenvalue weighted by Gasteiger charge is -2.14. The standard InChI is InChI=1S/C40H38/c1-3-5-7-9-19-29-35-21-31-25-15-11-13-17-27(25)33(31)23-37(35)40-30(20-10-8-6-4-2)36-22-32-26-16-12-14-18-28(26)34(32)24-38(36)39(29)40/h11-18,21-24H,3-10,19-20H2,1-2H3. The lowest BCUT2D eigenvalue weighted by Crippen LogP contribution is -1.89. The van der Waals surface area contributed by atoms with Gasteiger partial charge in [-0.25, -0.2) is 0 Å². The number of hydrogen-bond acceptors (Lipinski definition) is 0. The highest BCUT2D eigenvalue weighted by Gasteiger charge is 2.29. The Balaban J connectivity index is 1.43. The molecule has 8 rings (SSSR count). The van der Waals surface area contributed by atoms with E-state index in [1.165, 1.54) is 129 Å². The number of unbranched alkanes of at least 4 members (excludes halogenated alkanes) is 6. The Labute approximate surface area is 237 Å². The SMILES string of the molecule is CCCCCCc1c2c3cc4c5ccccc5c4cc3c(CCCCCC)c-2c2cc3c4ccccc4c3cc12. The highest BCUT2D eigenvalue weighted by Crippen LogP contribution is 2.54. The van der Waals surface area contributed by atoms with Crippen molar-refractivity contribution in [3.05, 3.63) is 83.9 Å². The van der Waals surface area contributed by atoms with Crippen LogP contribution in [0.3, 0.4) is 0 Å². The molecule has 0 heteroatoms. The van der Waals surface area contributed by atoms with Gasteiger partial charge in [-0.1, -0.05) is 101 Å². The molecule has 40 heavy (non-hydrogen) atoms. The molecule has 0 heterocycles. The smallest absolute Gasteiger partial charge is 0.00575 e. The summed E-state index contributed by atoms with van der Waals surface area (Å²) in [5.74, 6) is 0. The van der Waals surface area contributed by atoms with Crippen molar-refractivity contribution in [2.75, 3.05) is 0 Å². The molecule has 0 amide bonds. The highest BCUT2D eigenvalue weighted by molar-refractivity contribution is 6.33. The van der Waals surface area contributed by atoms with Gasteiger partial charge in [0.1, 0.15) is 0 Å². The number of benzene rings is 4. The minimum Gasteiger partial charge on any atom is -0.0654 e. The summed E-state index contributed by atoms with van der Waals surface area (Å²) in [6.07, 6.45) is 12.8. The van der Waals surface area contributed by atoms with E-state index in [4.69, 9.17) is 0 Å². The van der Waals surface area contributed by atoms with Crippen LogP contribution in [0.2, 0.25) is 0 Å². The van der Waals surface area contributed by atoms with Crippen molar-refractivity contribution < 1.29 is 0 Å². The minimum absolute atomic E-state index is 1.18. The molecule has 0 aromatic heterocycles. The van der Waals surface area contributed by atoms with Crippen LogP contribution in [-0.2, 0) is 12.8 Å². The molecule has 0 atom stereocenters. The van der Waals surface area contributed by atoms with Crippen molar-refractivity contribution in [3.8, 4) is 11.1 Å². The van der Waals surface area contributed by atoms with Crippen molar-refractivity contribution in [3.63, 3.8) is 0 Å². The van der Waals surface area contributed by atoms with Gasteiger partial charge in [0.05, 0.1) is 0 Å². The molecule has 2 aliphatic carbocycles. The molecule has 0 unspecified atom stereocenters. The number of rotatable bonds is 10. The maximum Gasteiger partial charge on any atom is -0.00575 e. The molecule has 0 fully saturated rings. The Kier molecular flexibility index (Phi) is 5.73. The van der Waals surface area contributed by atoms with Crippen LogP contribution in [0.4, 0.5) is 0 Å². The topological polar surface area (TPSA) is 0 Å². The molecule has 0 bridgehead atoms. The molecule has 0 N–H and O–H groups in total. The zero-order valence-corrected chi connectivity index (χ0v) is 24.0. The second-order valence-corrected chi connectivity index (χ2v) is 12.3. The first-order valence-corrected chi connectivity index (χ1v) is 15.8. The fraction of sp³-hybridized carbons (Fsp3) is 0.300. The fourth-order valence-corrected chi connectivity index (χ4v) is 7.93. The van der Waals surface area contributed by atoms with E-state index in [9.17, 15) is 0 Å². The first-order chi connectivity index (χ1) is 19.8. The van der Waals surface area contributed by atoms with E-state index in [1.807, 2.05) is 0 Å². The molecule has 6 aromatic carbocycles. The van der Waals surface area contributed by atoms with Crippen LogP contribution < -0.4 is 0 Å². The van der Waals surface area contributed by atoms with Crippen LogP contribution in [0, 0.1) is 0 Å². The van der Waals surface area contributed by atoms with E-state index in [-0.39, 0.29) is 0 Å². The van der Waals surface area contributed by atoms with Gasteiger partial charge in [-0.2, -0.15) is 0 Å². The van der Waals surface area contributed by atoms with E-state index in [0.29, 0.717) is 0 Å². The van der Waals surface area contributed by atoms with E-state index in [0.717, 1.165) is 0 Å². The maximum atomic E-state index is 2.56. The van der Waals surface area contributed by atoms with Gasteiger partial charge in [-0.15, -0.1) is 0 Å². The molecule has 0 nitrogen and oxygen atoms in total. The molecule has 198 valence electrons. The van der Waals surface area contributed by atoms with Crippen LogP contribution in [0.15, 0.2) is 72.8 Å². The summed E-state index contributed by atoms with van der Waals surface area (Å²) in [6, 6.07) is 28.2. The first kappa shape index (κ1) is 24.2. The molecular formula is C40H38. The van der Waals surface area contributed by atoms with Crippen LogP contribution in [0.5, 0.6) is 0 Å². The Hall–Kier alpha value is -3.64. The predicted molar refractivity (Wildman–Crippen MR) is 177 cm³/mol. The summed E-state index contributed by atoms with van der Waals surface area (Å²) >= 11 is 0. The first-order valence-electron chi connectivity index (χ1n) is 15.8. The molecule has 0 spiro atoms. The third-order valence-corrected chi connectivity index (χ3v) is 9.93. The second-order valence-electron chi connectivity index (χ2n) is 12.3. The van der Waals surface area contributed by atoms with Gasteiger partial charge in [-0.3, -0.25) is 0 Å². The summed E-state index contributed by atoms with van der Waals surface area (Å²) in [4.78, 5) is 0. The fourth-order valence-electron chi connectivity index (χ4n) is 7.93. The van der Waals surface area contributed by atoms with Crippen molar-refractivity contribution >= 4 is 64.6 Å². The number of aryl methyl sites for hydroxylation is 2. The Morgan fingerprint density at radius 1 is 0.350 bits per heavy atom. The third kappa shape index (κ3) is 3.38. The second kappa shape index (κ2) is 9.48. The minimum atomic E-state index is 1.18. The molecule has 6 aromatic rings. The quantitative estimate of drug-likeness (QED) is 0.158. The van der Waals surface area contributed by atoms with Gasteiger partial charge in [0, 0.05) is 0 Å². The van der Waals surface area contributed by atoms with Gasteiger partial charge in [0.2, 0.25) is 0 Å². The van der Waals surface area contributed by atoms with Gasteiger partial charge in [0.25, 0.3) is 0 Å². The van der Waals surface area contributed by atoms with E-state index in [2.05, 4.69) is 86.6 Å².